The number of ether oxygens (including phenoxy) is 2. The highest BCUT2D eigenvalue weighted by Crippen LogP contribution is 2.27. The van der Waals surface area contributed by atoms with Crippen molar-refractivity contribution in [1.29, 1.82) is 0 Å². The fourth-order valence-electron chi connectivity index (χ4n) is 2.64. The lowest BCUT2D eigenvalue weighted by Crippen LogP contribution is -2.60. The van der Waals surface area contributed by atoms with Crippen LogP contribution in [-0.2, 0) is 9.47 Å². The molecule has 1 aliphatic carbocycles. The molecule has 6 nitrogen and oxygen atoms in total. The molecule has 1 unspecified atom stereocenters. The molecule has 1 heterocycles. The van der Waals surface area contributed by atoms with E-state index in [0.717, 1.165) is 25.7 Å². The van der Waals surface area contributed by atoms with E-state index >= 15 is 0 Å². The molecule has 0 aromatic rings. The van der Waals surface area contributed by atoms with Crippen LogP contribution in [0.25, 0.3) is 0 Å². The summed E-state index contributed by atoms with van der Waals surface area (Å²) in [7, 11) is 0. The van der Waals surface area contributed by atoms with Crippen LogP contribution < -0.4 is 0 Å². The van der Waals surface area contributed by atoms with E-state index in [0.29, 0.717) is 0 Å². The number of hydrogen-bond donors (Lipinski definition) is 4. The third-order valence-electron chi connectivity index (χ3n) is 3.74. The highest BCUT2D eigenvalue weighted by molar-refractivity contribution is 4.90. The molecule has 1 aliphatic heterocycles. The van der Waals surface area contributed by atoms with Crippen LogP contribution in [0, 0.1) is 0 Å². The summed E-state index contributed by atoms with van der Waals surface area (Å²) in [5, 5.41) is 38.4. The van der Waals surface area contributed by atoms with Gasteiger partial charge in [0.25, 0.3) is 0 Å². The first-order valence-electron chi connectivity index (χ1n) is 6.59. The van der Waals surface area contributed by atoms with Crippen LogP contribution in [-0.4, -0.2) is 63.8 Å². The van der Waals surface area contributed by atoms with Gasteiger partial charge >= 0.3 is 0 Å². The van der Waals surface area contributed by atoms with E-state index in [1.165, 1.54) is 6.42 Å². The zero-order valence-electron chi connectivity index (χ0n) is 10.3. The van der Waals surface area contributed by atoms with Gasteiger partial charge < -0.3 is 29.9 Å². The molecule has 106 valence electrons. The molecule has 6 heteroatoms. The number of hydrogen-bond acceptors (Lipinski definition) is 6. The van der Waals surface area contributed by atoms with Crippen molar-refractivity contribution in [2.75, 3.05) is 6.61 Å². The highest BCUT2D eigenvalue weighted by atomic mass is 16.7. The summed E-state index contributed by atoms with van der Waals surface area (Å²) in [4.78, 5) is 0. The Morgan fingerprint density at radius 1 is 1.00 bits per heavy atom. The lowest BCUT2D eigenvalue weighted by atomic mass is 9.95. The van der Waals surface area contributed by atoms with Crippen LogP contribution in [0.4, 0.5) is 0 Å². The van der Waals surface area contributed by atoms with Crippen LogP contribution in [0.1, 0.15) is 32.1 Å². The molecular weight excluding hydrogens is 240 g/mol. The maximum Gasteiger partial charge on any atom is 0.184 e. The Balaban J connectivity index is 1.94. The van der Waals surface area contributed by atoms with Gasteiger partial charge in [-0.25, -0.2) is 0 Å². The average molecular weight is 262 g/mol. The molecule has 1 saturated carbocycles. The van der Waals surface area contributed by atoms with Gasteiger partial charge in [-0.2, -0.15) is 0 Å². The quantitative estimate of drug-likeness (QED) is 0.528. The maximum atomic E-state index is 9.91. The van der Waals surface area contributed by atoms with Crippen molar-refractivity contribution in [1.82, 2.24) is 0 Å². The summed E-state index contributed by atoms with van der Waals surface area (Å²) in [6.45, 7) is -0.453. The van der Waals surface area contributed by atoms with Gasteiger partial charge in [-0.3, -0.25) is 0 Å². The SMILES string of the molecule is OC[C@H]1OC(O)[C@H](OC2CCCCC2)[C@@H](O)[C@@H]1O. The summed E-state index contributed by atoms with van der Waals surface area (Å²) in [6.07, 6.45) is -0.603. The first-order chi connectivity index (χ1) is 8.63. The first-order valence-corrected chi connectivity index (χ1v) is 6.59. The molecular formula is C12H22O6. The average Bonchev–Trinajstić information content (AvgIpc) is 2.40. The Bertz CT molecular complexity index is 255. The first kappa shape index (κ1) is 14.2. The van der Waals surface area contributed by atoms with E-state index in [2.05, 4.69) is 0 Å². The van der Waals surface area contributed by atoms with E-state index in [1.54, 1.807) is 0 Å². The van der Waals surface area contributed by atoms with Gasteiger partial charge in [0.15, 0.2) is 6.29 Å². The van der Waals surface area contributed by atoms with Gasteiger partial charge in [-0.1, -0.05) is 19.3 Å². The van der Waals surface area contributed by atoms with E-state index in [-0.39, 0.29) is 6.10 Å². The third kappa shape index (κ3) is 3.01. The van der Waals surface area contributed by atoms with Gasteiger partial charge in [0, 0.05) is 0 Å². The van der Waals surface area contributed by atoms with E-state index in [1.807, 2.05) is 0 Å². The Morgan fingerprint density at radius 2 is 1.67 bits per heavy atom. The van der Waals surface area contributed by atoms with Crippen molar-refractivity contribution in [2.45, 2.75) is 68.9 Å². The smallest absolute Gasteiger partial charge is 0.184 e. The fraction of sp³-hybridized carbons (Fsp3) is 1.00. The third-order valence-corrected chi connectivity index (χ3v) is 3.74. The molecule has 2 rings (SSSR count). The van der Waals surface area contributed by atoms with Gasteiger partial charge in [0.2, 0.25) is 0 Å². The van der Waals surface area contributed by atoms with Crippen LogP contribution in [0.5, 0.6) is 0 Å². The molecule has 0 amide bonds. The largest absolute Gasteiger partial charge is 0.394 e. The predicted molar refractivity (Wildman–Crippen MR) is 61.7 cm³/mol. The van der Waals surface area contributed by atoms with E-state index in [4.69, 9.17) is 14.6 Å². The molecule has 0 bridgehead atoms. The second kappa shape index (κ2) is 6.27. The topological polar surface area (TPSA) is 99.4 Å². The Labute approximate surface area is 106 Å². The van der Waals surface area contributed by atoms with Gasteiger partial charge in [-0.05, 0) is 12.8 Å². The van der Waals surface area contributed by atoms with Crippen LogP contribution in [0.3, 0.4) is 0 Å². The summed E-state index contributed by atoms with van der Waals surface area (Å²) < 4.78 is 10.7. The van der Waals surface area contributed by atoms with Crippen molar-refractivity contribution in [3.63, 3.8) is 0 Å². The fourth-order valence-corrected chi connectivity index (χ4v) is 2.64. The molecule has 1 saturated heterocycles. The molecule has 2 fully saturated rings. The second-order valence-electron chi connectivity index (χ2n) is 5.09. The minimum atomic E-state index is -1.32. The Kier molecular flexibility index (Phi) is 4.94. The van der Waals surface area contributed by atoms with Gasteiger partial charge in [-0.15, -0.1) is 0 Å². The monoisotopic (exact) mass is 262 g/mol. The zero-order valence-corrected chi connectivity index (χ0v) is 10.3. The maximum absolute atomic E-state index is 9.91. The molecule has 4 N–H and O–H groups in total. The van der Waals surface area contributed by atoms with Crippen molar-refractivity contribution >= 4 is 0 Å². The Hall–Kier alpha value is -0.240. The van der Waals surface area contributed by atoms with E-state index < -0.39 is 37.3 Å². The van der Waals surface area contributed by atoms with Gasteiger partial charge in [0.1, 0.15) is 24.4 Å². The van der Waals surface area contributed by atoms with Crippen molar-refractivity contribution in [3.05, 3.63) is 0 Å². The minimum absolute atomic E-state index is 0.00507. The number of aliphatic hydroxyl groups excluding tert-OH is 4. The summed E-state index contributed by atoms with van der Waals surface area (Å²) in [5.74, 6) is 0. The number of aliphatic hydroxyl groups is 4. The van der Waals surface area contributed by atoms with Crippen molar-refractivity contribution in [2.24, 2.45) is 0 Å². The lowest BCUT2D eigenvalue weighted by molar-refractivity contribution is -0.304. The van der Waals surface area contributed by atoms with Crippen LogP contribution >= 0.6 is 0 Å². The van der Waals surface area contributed by atoms with E-state index in [9.17, 15) is 15.3 Å². The summed E-state index contributed by atoms with van der Waals surface area (Å²) in [5.41, 5.74) is 0. The zero-order chi connectivity index (χ0) is 13.1. The molecule has 0 spiro atoms. The number of rotatable bonds is 3. The molecule has 0 aromatic carbocycles. The van der Waals surface area contributed by atoms with Gasteiger partial charge in [0.05, 0.1) is 12.7 Å². The lowest BCUT2D eigenvalue weighted by Gasteiger charge is -2.41. The second-order valence-corrected chi connectivity index (χ2v) is 5.09. The van der Waals surface area contributed by atoms with Crippen LogP contribution in [0.2, 0.25) is 0 Å². The van der Waals surface area contributed by atoms with Crippen LogP contribution in [0.15, 0.2) is 0 Å². The van der Waals surface area contributed by atoms with Crippen molar-refractivity contribution < 1.29 is 29.9 Å². The highest BCUT2D eigenvalue weighted by Gasteiger charge is 2.45. The molecule has 2 aliphatic rings. The minimum Gasteiger partial charge on any atom is -0.394 e. The summed E-state index contributed by atoms with van der Waals surface area (Å²) >= 11 is 0. The summed E-state index contributed by atoms with van der Waals surface area (Å²) in [6, 6.07) is 0. The molecule has 0 aromatic heterocycles. The predicted octanol–water partition coefficient (Wildman–Crippen LogP) is -0.864. The molecule has 0 radical (unpaired) electrons. The molecule has 18 heavy (non-hydrogen) atoms. The normalized spacial score (nSPS) is 43.0. The molecule has 5 atom stereocenters. The standard InChI is InChI=1S/C12H22O6/c13-6-8-9(14)10(15)11(12(16)18-8)17-7-4-2-1-3-5-7/h7-16H,1-6H2/t8-,9-,10+,11-,12?/m1/s1. The van der Waals surface area contributed by atoms with Crippen molar-refractivity contribution in [3.8, 4) is 0 Å². The Morgan fingerprint density at radius 3 is 2.28 bits per heavy atom.